The number of rotatable bonds is 4. The van der Waals surface area contributed by atoms with Gasteiger partial charge in [-0.05, 0) is 6.92 Å². The first-order valence-corrected chi connectivity index (χ1v) is 7.13. The van der Waals surface area contributed by atoms with Gasteiger partial charge in [-0.3, -0.25) is 4.79 Å². The molecule has 1 atom stereocenters. The minimum Gasteiger partial charge on any atom is -0.481 e. The number of aliphatic carboxylic acids is 1. The van der Waals surface area contributed by atoms with E-state index in [9.17, 15) is 9.59 Å². The number of morpholine rings is 1. The molecule has 1 unspecified atom stereocenters. The van der Waals surface area contributed by atoms with Gasteiger partial charge >= 0.3 is 12.0 Å². The Morgan fingerprint density at radius 3 is 3.10 bits per heavy atom. The topological polar surface area (TPSA) is 91.8 Å². The molecule has 2 heterocycles. The van der Waals surface area contributed by atoms with Crippen LogP contribution in [0, 0.1) is 6.92 Å². The molecule has 1 saturated heterocycles. The molecule has 7 nitrogen and oxygen atoms in total. The number of hydrogen-bond acceptors (Lipinski definition) is 5. The Balaban J connectivity index is 1.81. The summed E-state index contributed by atoms with van der Waals surface area (Å²) in [5, 5.41) is 12.4. The molecule has 0 aliphatic carbocycles. The van der Waals surface area contributed by atoms with Crippen LogP contribution in [-0.4, -0.2) is 52.8 Å². The summed E-state index contributed by atoms with van der Waals surface area (Å²) in [7, 11) is 0. The average Bonchev–Trinajstić information content (AvgIpc) is 2.81. The van der Waals surface area contributed by atoms with E-state index >= 15 is 0 Å². The molecule has 0 bridgehead atoms. The monoisotopic (exact) mass is 299 g/mol. The number of carbonyl (C=O) groups excluding carboxylic acids is 1. The fourth-order valence-electron chi connectivity index (χ4n) is 1.97. The summed E-state index contributed by atoms with van der Waals surface area (Å²) in [5.74, 6) is -0.921. The predicted octanol–water partition coefficient (Wildman–Crippen LogP) is 0.837. The fraction of sp³-hybridized carbons (Fsp3) is 0.583. The number of ether oxygens (including phenoxy) is 1. The third-order valence-corrected chi connectivity index (χ3v) is 3.80. The number of hydrogen-bond donors (Lipinski definition) is 2. The van der Waals surface area contributed by atoms with E-state index in [-0.39, 0.29) is 12.5 Å². The smallest absolute Gasteiger partial charge is 0.317 e. The molecule has 8 heteroatoms. The molecular weight excluding hydrogens is 282 g/mol. The van der Waals surface area contributed by atoms with Crippen LogP contribution in [0.3, 0.4) is 0 Å². The number of aromatic nitrogens is 1. The van der Waals surface area contributed by atoms with Crippen LogP contribution in [0.25, 0.3) is 0 Å². The zero-order chi connectivity index (χ0) is 14.5. The molecular formula is C12H17N3O4S. The number of urea groups is 1. The molecule has 1 aromatic rings. The second kappa shape index (κ2) is 6.67. The molecule has 2 N–H and O–H groups in total. The van der Waals surface area contributed by atoms with Gasteiger partial charge in [-0.15, -0.1) is 11.3 Å². The summed E-state index contributed by atoms with van der Waals surface area (Å²) in [4.78, 5) is 29.5. The van der Waals surface area contributed by atoms with Crippen LogP contribution in [-0.2, 0) is 16.1 Å². The van der Waals surface area contributed by atoms with Gasteiger partial charge in [-0.2, -0.15) is 0 Å². The Morgan fingerprint density at radius 2 is 2.45 bits per heavy atom. The van der Waals surface area contributed by atoms with E-state index in [2.05, 4.69) is 10.3 Å². The molecule has 0 spiro atoms. The quantitative estimate of drug-likeness (QED) is 0.859. The van der Waals surface area contributed by atoms with Crippen LogP contribution < -0.4 is 5.32 Å². The van der Waals surface area contributed by atoms with Crippen LogP contribution in [0.4, 0.5) is 4.79 Å². The number of aryl methyl sites for hydroxylation is 1. The lowest BCUT2D eigenvalue weighted by Gasteiger charge is -2.32. The largest absolute Gasteiger partial charge is 0.481 e. The Labute approximate surface area is 120 Å². The molecule has 2 amide bonds. The predicted molar refractivity (Wildman–Crippen MR) is 72.7 cm³/mol. The molecule has 0 saturated carbocycles. The van der Waals surface area contributed by atoms with Gasteiger partial charge in [0.05, 0.1) is 25.7 Å². The molecule has 1 aromatic heterocycles. The van der Waals surface area contributed by atoms with Gasteiger partial charge in [-0.1, -0.05) is 0 Å². The maximum atomic E-state index is 12.0. The number of carbonyl (C=O) groups is 2. The molecule has 0 aromatic carbocycles. The third kappa shape index (κ3) is 4.17. The first-order chi connectivity index (χ1) is 9.54. The third-order valence-electron chi connectivity index (χ3n) is 2.89. The van der Waals surface area contributed by atoms with Crippen molar-refractivity contribution >= 4 is 23.3 Å². The first-order valence-electron chi connectivity index (χ1n) is 6.32. The number of nitrogens with zero attached hydrogens (tertiary/aromatic N) is 2. The molecule has 1 aliphatic rings. The summed E-state index contributed by atoms with van der Waals surface area (Å²) >= 11 is 1.54. The molecule has 20 heavy (non-hydrogen) atoms. The Kier molecular flexibility index (Phi) is 4.91. The zero-order valence-electron chi connectivity index (χ0n) is 11.2. The summed E-state index contributed by atoms with van der Waals surface area (Å²) in [6, 6.07) is -0.212. The van der Waals surface area contributed by atoms with Crippen molar-refractivity contribution in [3.05, 3.63) is 16.1 Å². The number of amides is 2. The van der Waals surface area contributed by atoms with Crippen molar-refractivity contribution in [1.82, 2.24) is 15.2 Å². The number of nitrogens with one attached hydrogen (secondary N) is 1. The molecule has 110 valence electrons. The number of carboxylic acid groups (broad SMARTS) is 1. The van der Waals surface area contributed by atoms with Crippen molar-refractivity contribution in [3.63, 3.8) is 0 Å². The van der Waals surface area contributed by atoms with Gasteiger partial charge in [0.25, 0.3) is 0 Å². The second-order valence-corrected chi connectivity index (χ2v) is 5.88. The highest BCUT2D eigenvalue weighted by Crippen LogP contribution is 2.12. The van der Waals surface area contributed by atoms with Crippen molar-refractivity contribution in [2.24, 2.45) is 0 Å². The Morgan fingerprint density at radius 1 is 1.65 bits per heavy atom. The van der Waals surface area contributed by atoms with Crippen molar-refractivity contribution < 1.29 is 19.4 Å². The SMILES string of the molecule is Cc1cnc(CNC(=O)N2CCOC(CC(=O)O)C2)s1. The Hall–Kier alpha value is -1.67. The van der Waals surface area contributed by atoms with Crippen LogP contribution in [0.1, 0.15) is 16.3 Å². The van der Waals surface area contributed by atoms with Gasteiger partial charge in [0.1, 0.15) is 5.01 Å². The lowest BCUT2D eigenvalue weighted by molar-refractivity contribution is -0.141. The summed E-state index contributed by atoms with van der Waals surface area (Å²) < 4.78 is 5.32. The fourth-order valence-corrected chi connectivity index (χ4v) is 2.70. The van der Waals surface area contributed by atoms with Crippen LogP contribution in [0.15, 0.2) is 6.20 Å². The maximum Gasteiger partial charge on any atom is 0.317 e. The van der Waals surface area contributed by atoms with E-state index in [1.807, 2.05) is 6.92 Å². The maximum absolute atomic E-state index is 12.0. The van der Waals surface area contributed by atoms with Gasteiger partial charge < -0.3 is 20.1 Å². The molecule has 0 radical (unpaired) electrons. The van der Waals surface area contributed by atoms with Crippen LogP contribution in [0.2, 0.25) is 0 Å². The van der Waals surface area contributed by atoms with Crippen molar-refractivity contribution in [2.75, 3.05) is 19.7 Å². The van der Waals surface area contributed by atoms with Gasteiger partial charge in [0.2, 0.25) is 0 Å². The van der Waals surface area contributed by atoms with Gasteiger partial charge in [-0.25, -0.2) is 9.78 Å². The van der Waals surface area contributed by atoms with Crippen molar-refractivity contribution in [2.45, 2.75) is 26.0 Å². The lowest BCUT2D eigenvalue weighted by Crippen LogP contribution is -2.49. The van der Waals surface area contributed by atoms with Crippen LogP contribution >= 0.6 is 11.3 Å². The van der Waals surface area contributed by atoms with E-state index in [1.54, 1.807) is 11.1 Å². The minimum atomic E-state index is -0.921. The number of carboxylic acids is 1. The van der Waals surface area contributed by atoms with E-state index in [1.165, 1.54) is 11.3 Å². The first kappa shape index (κ1) is 14.7. The van der Waals surface area contributed by atoms with Crippen molar-refractivity contribution in [1.29, 1.82) is 0 Å². The highest BCUT2D eigenvalue weighted by Gasteiger charge is 2.25. The van der Waals surface area contributed by atoms with E-state index in [4.69, 9.17) is 9.84 Å². The normalized spacial score (nSPS) is 18.9. The van der Waals surface area contributed by atoms with Gasteiger partial charge in [0, 0.05) is 24.2 Å². The van der Waals surface area contributed by atoms with E-state index in [0.717, 1.165) is 9.88 Å². The highest BCUT2D eigenvalue weighted by atomic mass is 32.1. The average molecular weight is 299 g/mol. The second-order valence-electron chi connectivity index (χ2n) is 4.56. The van der Waals surface area contributed by atoms with E-state index < -0.39 is 12.1 Å². The lowest BCUT2D eigenvalue weighted by atomic mass is 10.2. The summed E-state index contributed by atoms with van der Waals surface area (Å²) in [5.41, 5.74) is 0. The van der Waals surface area contributed by atoms with Crippen LogP contribution in [0.5, 0.6) is 0 Å². The number of thiazole rings is 1. The van der Waals surface area contributed by atoms with Crippen molar-refractivity contribution in [3.8, 4) is 0 Å². The van der Waals surface area contributed by atoms with Gasteiger partial charge in [0.15, 0.2) is 0 Å². The minimum absolute atomic E-state index is 0.0878. The standard InChI is InChI=1S/C12H17N3O4S/c1-8-5-13-10(20-8)6-14-12(18)15-2-3-19-9(7-15)4-11(16)17/h5,9H,2-4,6-7H2,1H3,(H,14,18)(H,16,17). The zero-order valence-corrected chi connectivity index (χ0v) is 12.0. The summed E-state index contributed by atoms with van der Waals surface area (Å²) in [6.07, 6.45) is 1.24. The molecule has 1 aliphatic heterocycles. The summed E-state index contributed by atoms with van der Waals surface area (Å²) in [6.45, 7) is 3.48. The molecule has 1 fully saturated rings. The highest BCUT2D eigenvalue weighted by molar-refractivity contribution is 7.11. The Bertz CT molecular complexity index is 491. The molecule has 2 rings (SSSR count). The van der Waals surface area contributed by atoms with E-state index in [0.29, 0.717) is 26.2 Å².